The third-order valence-electron chi connectivity index (χ3n) is 2.23. The maximum absolute atomic E-state index is 9.16. The number of thioether (sulfide) groups is 1. The minimum atomic E-state index is 0.0660. The lowest BCUT2D eigenvalue weighted by molar-refractivity contribution is 0.278. The second-order valence-corrected chi connectivity index (χ2v) is 3.84. The standard InChI is InChI=1S/C11H16O2S/c1-4-8-6-11(14-3)9(7-12)5-10(8)13-2/h5-6,12H,4,7H2,1-3H3. The van der Waals surface area contributed by atoms with Gasteiger partial charge in [0.1, 0.15) is 5.75 Å². The highest BCUT2D eigenvalue weighted by Crippen LogP contribution is 2.29. The zero-order chi connectivity index (χ0) is 10.6. The van der Waals surface area contributed by atoms with Crippen LogP contribution in [0.4, 0.5) is 0 Å². The summed E-state index contributed by atoms with van der Waals surface area (Å²) in [6, 6.07) is 4.01. The number of benzene rings is 1. The Balaban J connectivity index is 3.20. The van der Waals surface area contributed by atoms with Gasteiger partial charge in [0, 0.05) is 4.90 Å². The molecule has 0 saturated carbocycles. The molecule has 1 N–H and O–H groups in total. The van der Waals surface area contributed by atoms with Crippen LogP contribution in [0.1, 0.15) is 18.1 Å². The van der Waals surface area contributed by atoms with Crippen molar-refractivity contribution in [2.45, 2.75) is 24.8 Å². The molecule has 0 spiro atoms. The average molecular weight is 212 g/mol. The topological polar surface area (TPSA) is 29.5 Å². The van der Waals surface area contributed by atoms with Gasteiger partial charge in [-0.05, 0) is 35.9 Å². The van der Waals surface area contributed by atoms with Crippen molar-refractivity contribution in [1.29, 1.82) is 0 Å². The number of ether oxygens (including phenoxy) is 1. The fourth-order valence-corrected chi connectivity index (χ4v) is 2.07. The Morgan fingerprint density at radius 3 is 2.50 bits per heavy atom. The van der Waals surface area contributed by atoms with Gasteiger partial charge in [0.05, 0.1) is 13.7 Å². The fraction of sp³-hybridized carbons (Fsp3) is 0.455. The van der Waals surface area contributed by atoms with Crippen LogP contribution >= 0.6 is 11.8 Å². The molecular formula is C11H16O2S. The van der Waals surface area contributed by atoms with Crippen LogP contribution in [0.15, 0.2) is 17.0 Å². The molecule has 0 aliphatic heterocycles. The highest BCUT2D eigenvalue weighted by atomic mass is 32.2. The van der Waals surface area contributed by atoms with Crippen LogP contribution in [0.2, 0.25) is 0 Å². The van der Waals surface area contributed by atoms with E-state index in [1.165, 1.54) is 5.56 Å². The van der Waals surface area contributed by atoms with Crippen molar-refractivity contribution in [2.75, 3.05) is 13.4 Å². The molecule has 0 atom stereocenters. The quantitative estimate of drug-likeness (QED) is 0.777. The van der Waals surface area contributed by atoms with E-state index in [2.05, 4.69) is 13.0 Å². The van der Waals surface area contributed by atoms with E-state index in [4.69, 9.17) is 9.84 Å². The summed E-state index contributed by atoms with van der Waals surface area (Å²) >= 11 is 1.65. The third kappa shape index (κ3) is 2.22. The molecule has 0 unspecified atom stereocenters. The minimum absolute atomic E-state index is 0.0660. The molecular weight excluding hydrogens is 196 g/mol. The van der Waals surface area contributed by atoms with Crippen molar-refractivity contribution in [3.63, 3.8) is 0 Å². The van der Waals surface area contributed by atoms with Crippen molar-refractivity contribution < 1.29 is 9.84 Å². The number of aryl methyl sites for hydroxylation is 1. The predicted molar refractivity (Wildman–Crippen MR) is 60.1 cm³/mol. The first kappa shape index (κ1) is 11.4. The molecule has 1 aromatic rings. The molecule has 0 saturated heterocycles. The summed E-state index contributed by atoms with van der Waals surface area (Å²) in [6.45, 7) is 2.16. The van der Waals surface area contributed by atoms with Crippen LogP contribution in [-0.4, -0.2) is 18.5 Å². The van der Waals surface area contributed by atoms with Gasteiger partial charge in [0.2, 0.25) is 0 Å². The van der Waals surface area contributed by atoms with Gasteiger partial charge in [-0.25, -0.2) is 0 Å². The maximum Gasteiger partial charge on any atom is 0.122 e. The molecule has 0 aromatic heterocycles. The van der Waals surface area contributed by atoms with Gasteiger partial charge in [0.15, 0.2) is 0 Å². The molecule has 0 heterocycles. The molecule has 0 radical (unpaired) electrons. The molecule has 1 aromatic carbocycles. The van der Waals surface area contributed by atoms with Gasteiger partial charge < -0.3 is 9.84 Å². The number of methoxy groups -OCH3 is 1. The minimum Gasteiger partial charge on any atom is -0.496 e. The van der Waals surface area contributed by atoms with E-state index in [1.807, 2.05) is 12.3 Å². The summed E-state index contributed by atoms with van der Waals surface area (Å²) in [4.78, 5) is 1.13. The van der Waals surface area contributed by atoms with Gasteiger partial charge in [-0.1, -0.05) is 6.92 Å². The predicted octanol–water partition coefficient (Wildman–Crippen LogP) is 2.47. The lowest BCUT2D eigenvalue weighted by Crippen LogP contribution is -1.95. The molecule has 0 bridgehead atoms. The summed E-state index contributed by atoms with van der Waals surface area (Å²) in [7, 11) is 1.66. The number of hydrogen-bond acceptors (Lipinski definition) is 3. The SMILES string of the molecule is CCc1cc(SC)c(CO)cc1OC. The molecule has 1 rings (SSSR count). The monoisotopic (exact) mass is 212 g/mol. The molecule has 78 valence electrons. The van der Waals surface area contributed by atoms with Crippen LogP contribution < -0.4 is 4.74 Å². The Kier molecular flexibility index (Phi) is 4.29. The third-order valence-corrected chi connectivity index (χ3v) is 3.05. The maximum atomic E-state index is 9.16. The first-order valence-corrected chi connectivity index (χ1v) is 5.83. The molecule has 0 fully saturated rings. The van der Waals surface area contributed by atoms with E-state index in [1.54, 1.807) is 18.9 Å². The fourth-order valence-electron chi connectivity index (χ4n) is 1.42. The zero-order valence-corrected chi connectivity index (χ0v) is 9.65. The van der Waals surface area contributed by atoms with Crippen LogP contribution in [0.25, 0.3) is 0 Å². The number of aliphatic hydroxyl groups is 1. The first-order valence-electron chi connectivity index (χ1n) is 4.61. The number of hydrogen-bond donors (Lipinski definition) is 1. The Bertz CT molecular complexity index is 252. The normalized spacial score (nSPS) is 10.3. The Morgan fingerprint density at radius 1 is 1.36 bits per heavy atom. The summed E-state index contributed by atoms with van der Waals surface area (Å²) in [5.74, 6) is 0.870. The van der Waals surface area contributed by atoms with E-state index in [9.17, 15) is 0 Å². The molecule has 0 aliphatic carbocycles. The lowest BCUT2D eigenvalue weighted by Gasteiger charge is -2.12. The van der Waals surface area contributed by atoms with Crippen LogP contribution in [0.5, 0.6) is 5.75 Å². The van der Waals surface area contributed by atoms with E-state index in [0.29, 0.717) is 0 Å². The smallest absolute Gasteiger partial charge is 0.122 e. The first-order chi connectivity index (χ1) is 6.76. The number of rotatable bonds is 4. The van der Waals surface area contributed by atoms with Crippen LogP contribution in [0.3, 0.4) is 0 Å². The Labute approximate surface area is 89.3 Å². The van der Waals surface area contributed by atoms with Crippen molar-refractivity contribution in [3.8, 4) is 5.75 Å². The van der Waals surface area contributed by atoms with Gasteiger partial charge in [-0.3, -0.25) is 0 Å². The van der Waals surface area contributed by atoms with Gasteiger partial charge >= 0.3 is 0 Å². The van der Waals surface area contributed by atoms with Crippen molar-refractivity contribution in [3.05, 3.63) is 23.3 Å². The van der Waals surface area contributed by atoms with E-state index < -0.39 is 0 Å². The Hall–Kier alpha value is -0.670. The summed E-state index contributed by atoms with van der Waals surface area (Å²) in [5, 5.41) is 9.16. The molecule has 14 heavy (non-hydrogen) atoms. The van der Waals surface area contributed by atoms with E-state index in [0.717, 1.165) is 22.6 Å². The molecule has 0 amide bonds. The van der Waals surface area contributed by atoms with E-state index >= 15 is 0 Å². The molecule has 0 aliphatic rings. The molecule has 2 nitrogen and oxygen atoms in total. The van der Waals surface area contributed by atoms with Crippen molar-refractivity contribution in [2.24, 2.45) is 0 Å². The number of aliphatic hydroxyl groups excluding tert-OH is 1. The Morgan fingerprint density at radius 2 is 2.07 bits per heavy atom. The highest BCUT2D eigenvalue weighted by molar-refractivity contribution is 7.98. The van der Waals surface area contributed by atoms with Gasteiger partial charge in [-0.2, -0.15) is 0 Å². The van der Waals surface area contributed by atoms with E-state index in [-0.39, 0.29) is 6.61 Å². The van der Waals surface area contributed by atoms with Crippen molar-refractivity contribution >= 4 is 11.8 Å². The van der Waals surface area contributed by atoms with Gasteiger partial charge in [0.25, 0.3) is 0 Å². The summed E-state index contributed by atoms with van der Waals surface area (Å²) < 4.78 is 5.26. The lowest BCUT2D eigenvalue weighted by atomic mass is 10.1. The molecule has 3 heteroatoms. The van der Waals surface area contributed by atoms with Gasteiger partial charge in [-0.15, -0.1) is 11.8 Å². The average Bonchev–Trinajstić information content (AvgIpc) is 2.26. The second kappa shape index (κ2) is 5.27. The van der Waals surface area contributed by atoms with Crippen molar-refractivity contribution in [1.82, 2.24) is 0 Å². The van der Waals surface area contributed by atoms with Crippen LogP contribution in [-0.2, 0) is 13.0 Å². The second-order valence-electron chi connectivity index (χ2n) is 2.99. The van der Waals surface area contributed by atoms with Crippen LogP contribution in [0, 0.1) is 0 Å². The highest BCUT2D eigenvalue weighted by Gasteiger charge is 2.07. The zero-order valence-electron chi connectivity index (χ0n) is 8.83. The largest absolute Gasteiger partial charge is 0.496 e. The summed E-state index contributed by atoms with van der Waals surface area (Å²) in [6.07, 6.45) is 2.96. The summed E-state index contributed by atoms with van der Waals surface area (Å²) in [5.41, 5.74) is 2.13.